The maximum absolute atomic E-state index is 12.8. The van der Waals surface area contributed by atoms with E-state index in [1.54, 1.807) is 31.2 Å². The maximum Gasteiger partial charge on any atom is 0.339 e. The van der Waals surface area contributed by atoms with Gasteiger partial charge in [-0.15, -0.1) is 0 Å². The van der Waals surface area contributed by atoms with E-state index < -0.39 is 33.8 Å². The van der Waals surface area contributed by atoms with Crippen molar-refractivity contribution in [1.29, 1.82) is 0 Å². The van der Waals surface area contributed by atoms with Gasteiger partial charge in [0.2, 0.25) is 15.7 Å². The van der Waals surface area contributed by atoms with E-state index in [0.717, 1.165) is 22.4 Å². The van der Waals surface area contributed by atoms with Crippen LogP contribution in [0.3, 0.4) is 0 Å². The largest absolute Gasteiger partial charge is 0.465 e. The average molecular weight is 441 g/mol. The molecule has 0 aliphatic carbocycles. The number of para-hydroxylation sites is 1. The molecule has 160 valence electrons. The summed E-state index contributed by atoms with van der Waals surface area (Å²) in [6.45, 7) is 1.20. The van der Waals surface area contributed by atoms with Crippen molar-refractivity contribution in [3.8, 4) is 0 Å². The molecule has 0 bridgehead atoms. The number of anilines is 1. The highest BCUT2D eigenvalue weighted by Crippen LogP contribution is 2.19. The van der Waals surface area contributed by atoms with E-state index in [4.69, 9.17) is 0 Å². The zero-order chi connectivity index (χ0) is 22.6. The van der Waals surface area contributed by atoms with E-state index in [9.17, 15) is 22.8 Å². The fourth-order valence-corrected chi connectivity index (χ4v) is 4.09. The summed E-state index contributed by atoms with van der Waals surface area (Å²) < 4.78 is 31.1. The van der Waals surface area contributed by atoms with Gasteiger partial charge in [-0.3, -0.25) is 9.59 Å². The number of hydrogen-bond acceptors (Lipinski definition) is 7. The standard InChI is InChI=1S/C21H19N3O6S/c1-14-6-5-7-15(12-14)31(28,29)19-10-11-20(26)24(23-19)13-18(25)22-17-9-4-3-8-16(17)21(27)30-2/h3-12H,13H2,1-2H3,(H,22,25). The SMILES string of the molecule is COC(=O)c1ccccc1NC(=O)Cn1nc(S(=O)(=O)c2cccc(C)c2)ccc1=O. The van der Waals surface area contributed by atoms with Crippen molar-refractivity contribution < 1.29 is 22.7 Å². The molecule has 10 heteroatoms. The second-order valence-corrected chi connectivity index (χ2v) is 8.47. The Hall–Kier alpha value is -3.79. The van der Waals surface area contributed by atoms with Crippen molar-refractivity contribution in [2.45, 2.75) is 23.4 Å². The van der Waals surface area contributed by atoms with Crippen LogP contribution < -0.4 is 10.9 Å². The molecule has 9 nitrogen and oxygen atoms in total. The van der Waals surface area contributed by atoms with Crippen LogP contribution in [-0.4, -0.2) is 37.2 Å². The Morgan fingerprint density at radius 1 is 1.06 bits per heavy atom. The van der Waals surface area contributed by atoms with Gasteiger partial charge >= 0.3 is 5.97 Å². The van der Waals surface area contributed by atoms with Crippen LogP contribution in [0.2, 0.25) is 0 Å². The van der Waals surface area contributed by atoms with Crippen molar-refractivity contribution in [1.82, 2.24) is 9.78 Å². The number of amides is 1. The monoisotopic (exact) mass is 441 g/mol. The fourth-order valence-electron chi connectivity index (χ4n) is 2.80. The van der Waals surface area contributed by atoms with Crippen LogP contribution in [0, 0.1) is 6.92 Å². The van der Waals surface area contributed by atoms with E-state index in [-0.39, 0.29) is 21.2 Å². The molecule has 0 aliphatic rings. The fraction of sp³-hybridized carbons (Fsp3) is 0.143. The van der Waals surface area contributed by atoms with Crippen LogP contribution in [-0.2, 0) is 25.9 Å². The summed E-state index contributed by atoms with van der Waals surface area (Å²) in [4.78, 5) is 36.5. The van der Waals surface area contributed by atoms with Crippen LogP contribution in [0.4, 0.5) is 5.69 Å². The molecule has 31 heavy (non-hydrogen) atoms. The number of rotatable bonds is 6. The number of hydrogen-bond donors (Lipinski definition) is 1. The van der Waals surface area contributed by atoms with Crippen molar-refractivity contribution in [3.63, 3.8) is 0 Å². The molecule has 0 aliphatic heterocycles. The van der Waals surface area contributed by atoms with Gasteiger partial charge in [0.25, 0.3) is 5.56 Å². The summed E-state index contributed by atoms with van der Waals surface area (Å²) >= 11 is 0. The number of sulfone groups is 1. The molecule has 1 amide bonds. The number of carbonyl (C=O) groups is 2. The summed E-state index contributed by atoms with van der Waals surface area (Å²) in [6, 6.07) is 14.6. The minimum absolute atomic E-state index is 0.0293. The van der Waals surface area contributed by atoms with Gasteiger partial charge in [0.1, 0.15) is 6.54 Å². The first-order valence-electron chi connectivity index (χ1n) is 9.09. The first-order valence-corrected chi connectivity index (χ1v) is 10.6. The smallest absolute Gasteiger partial charge is 0.339 e. The number of esters is 1. The predicted octanol–water partition coefficient (Wildman–Crippen LogP) is 1.81. The van der Waals surface area contributed by atoms with Gasteiger partial charge in [-0.2, -0.15) is 5.10 Å². The Balaban J connectivity index is 1.88. The zero-order valence-corrected chi connectivity index (χ0v) is 17.5. The molecule has 1 N–H and O–H groups in total. The Bertz CT molecular complexity index is 1310. The van der Waals surface area contributed by atoms with Crippen LogP contribution in [0.15, 0.2) is 75.4 Å². The first-order chi connectivity index (χ1) is 14.7. The molecule has 0 fully saturated rings. The van der Waals surface area contributed by atoms with E-state index in [1.807, 2.05) is 0 Å². The van der Waals surface area contributed by atoms with E-state index in [0.29, 0.717) is 0 Å². The molecule has 3 rings (SSSR count). The highest BCUT2D eigenvalue weighted by molar-refractivity contribution is 7.91. The minimum Gasteiger partial charge on any atom is -0.465 e. The molecule has 0 atom stereocenters. The molecule has 3 aromatic rings. The lowest BCUT2D eigenvalue weighted by Crippen LogP contribution is -2.30. The second kappa shape index (κ2) is 8.92. The third kappa shape index (κ3) is 4.86. The Morgan fingerprint density at radius 2 is 1.81 bits per heavy atom. The Morgan fingerprint density at radius 3 is 2.52 bits per heavy atom. The molecule has 1 heterocycles. The topological polar surface area (TPSA) is 124 Å². The van der Waals surface area contributed by atoms with Crippen molar-refractivity contribution in [3.05, 3.63) is 82.1 Å². The van der Waals surface area contributed by atoms with Gasteiger partial charge in [-0.1, -0.05) is 24.3 Å². The van der Waals surface area contributed by atoms with Gasteiger partial charge in [0.15, 0.2) is 5.03 Å². The van der Waals surface area contributed by atoms with Gasteiger partial charge in [0, 0.05) is 6.07 Å². The first kappa shape index (κ1) is 21.9. The van der Waals surface area contributed by atoms with Gasteiger partial charge in [0.05, 0.1) is 23.3 Å². The number of nitrogens with zero attached hydrogens (tertiary/aromatic N) is 2. The number of aryl methyl sites for hydroxylation is 1. The number of ether oxygens (including phenoxy) is 1. The third-order valence-electron chi connectivity index (χ3n) is 4.32. The number of carbonyl (C=O) groups excluding carboxylic acids is 2. The Labute approximate surface area is 178 Å². The normalized spacial score (nSPS) is 11.0. The Kier molecular flexibility index (Phi) is 6.30. The van der Waals surface area contributed by atoms with Crippen LogP contribution in [0.1, 0.15) is 15.9 Å². The molecule has 2 aromatic carbocycles. The lowest BCUT2D eigenvalue weighted by Gasteiger charge is -2.11. The second-order valence-electron chi connectivity index (χ2n) is 6.57. The van der Waals surface area contributed by atoms with E-state index in [2.05, 4.69) is 15.2 Å². The van der Waals surface area contributed by atoms with Gasteiger partial charge in [-0.05, 0) is 42.8 Å². The lowest BCUT2D eigenvalue weighted by molar-refractivity contribution is -0.117. The molecule has 0 radical (unpaired) electrons. The lowest BCUT2D eigenvalue weighted by atomic mass is 10.2. The van der Waals surface area contributed by atoms with Crippen molar-refractivity contribution in [2.75, 3.05) is 12.4 Å². The quantitative estimate of drug-likeness (QED) is 0.579. The molecule has 0 saturated carbocycles. The minimum atomic E-state index is -3.98. The summed E-state index contributed by atoms with van der Waals surface area (Å²) in [5.41, 5.74) is 0.419. The van der Waals surface area contributed by atoms with E-state index in [1.165, 1.54) is 31.4 Å². The molecular formula is C21H19N3O6S. The number of methoxy groups -OCH3 is 1. The zero-order valence-electron chi connectivity index (χ0n) is 16.7. The summed E-state index contributed by atoms with van der Waals surface area (Å²) in [7, 11) is -2.77. The van der Waals surface area contributed by atoms with Crippen molar-refractivity contribution in [2.24, 2.45) is 0 Å². The average Bonchev–Trinajstić information content (AvgIpc) is 2.75. The number of benzene rings is 2. The highest BCUT2D eigenvalue weighted by Gasteiger charge is 2.21. The van der Waals surface area contributed by atoms with Gasteiger partial charge in [-0.25, -0.2) is 17.9 Å². The van der Waals surface area contributed by atoms with Crippen molar-refractivity contribution >= 4 is 27.4 Å². The number of aromatic nitrogens is 2. The van der Waals surface area contributed by atoms with Crippen LogP contribution in [0.25, 0.3) is 0 Å². The van der Waals surface area contributed by atoms with Crippen LogP contribution >= 0.6 is 0 Å². The predicted molar refractivity (Wildman–Crippen MR) is 112 cm³/mol. The molecule has 0 spiro atoms. The number of nitrogens with one attached hydrogen (secondary N) is 1. The van der Waals surface area contributed by atoms with Crippen LogP contribution in [0.5, 0.6) is 0 Å². The summed E-state index contributed by atoms with van der Waals surface area (Å²) in [5, 5.41) is 6.02. The third-order valence-corrected chi connectivity index (χ3v) is 5.96. The highest BCUT2D eigenvalue weighted by atomic mass is 32.2. The molecular weight excluding hydrogens is 422 g/mol. The molecule has 0 saturated heterocycles. The summed E-state index contributed by atoms with van der Waals surface area (Å²) in [6.07, 6.45) is 0. The maximum atomic E-state index is 12.8. The molecule has 1 aromatic heterocycles. The summed E-state index contributed by atoms with van der Waals surface area (Å²) in [5.74, 6) is -1.31. The molecule has 0 unspecified atom stereocenters. The van der Waals surface area contributed by atoms with Gasteiger partial charge < -0.3 is 10.1 Å². The van der Waals surface area contributed by atoms with E-state index >= 15 is 0 Å².